The van der Waals surface area contributed by atoms with Gasteiger partial charge < -0.3 is 18.9 Å². The number of hydrogen-bond donors (Lipinski definition) is 0. The molecule has 0 spiro atoms. The zero-order chi connectivity index (χ0) is 23.6. The Bertz CT molecular complexity index is 1020. The number of rotatable bonds is 10. The lowest BCUT2D eigenvalue weighted by Gasteiger charge is -2.44. The zero-order valence-corrected chi connectivity index (χ0v) is 19.6. The quantitative estimate of drug-likeness (QED) is 0.382. The molecule has 3 aromatic carbocycles. The largest absolute Gasteiger partial charge is 0.374 e. The zero-order valence-electron chi connectivity index (χ0n) is 19.6. The van der Waals surface area contributed by atoms with Gasteiger partial charge >= 0.3 is 0 Å². The number of ether oxygens (including phenoxy) is 4. The van der Waals surface area contributed by atoms with E-state index in [4.69, 9.17) is 25.4 Å². The van der Waals surface area contributed by atoms with Crippen molar-refractivity contribution in [3.63, 3.8) is 0 Å². The van der Waals surface area contributed by atoms with Crippen molar-refractivity contribution in [2.45, 2.75) is 51.2 Å². The molecule has 0 N–H and O–H groups in total. The predicted molar refractivity (Wildman–Crippen MR) is 133 cm³/mol. The van der Waals surface area contributed by atoms with E-state index >= 15 is 0 Å². The molecule has 4 heteroatoms. The topological polar surface area (TPSA) is 36.9 Å². The first-order chi connectivity index (χ1) is 16.7. The summed E-state index contributed by atoms with van der Waals surface area (Å²) >= 11 is 0. The summed E-state index contributed by atoms with van der Waals surface area (Å²) in [7, 11) is 0. The van der Waals surface area contributed by atoms with Gasteiger partial charge in [-0.2, -0.15) is 0 Å². The second-order valence-corrected chi connectivity index (χ2v) is 8.64. The van der Waals surface area contributed by atoms with Crippen molar-refractivity contribution in [2.75, 3.05) is 6.61 Å². The van der Waals surface area contributed by atoms with E-state index in [2.05, 4.69) is 37.1 Å². The molecule has 5 atom stereocenters. The Morgan fingerprint density at radius 1 is 0.706 bits per heavy atom. The summed E-state index contributed by atoms with van der Waals surface area (Å²) in [4.78, 5) is 0. The van der Waals surface area contributed by atoms with Crippen molar-refractivity contribution in [3.05, 3.63) is 108 Å². The highest BCUT2D eigenvalue weighted by molar-refractivity contribution is 5.16. The van der Waals surface area contributed by atoms with E-state index in [1.54, 1.807) is 0 Å². The highest BCUT2D eigenvalue weighted by Gasteiger charge is 2.45. The lowest BCUT2D eigenvalue weighted by atomic mass is 9.88. The van der Waals surface area contributed by atoms with E-state index in [1.807, 2.05) is 66.7 Å². The van der Waals surface area contributed by atoms with Crippen LogP contribution in [-0.4, -0.2) is 31.0 Å². The van der Waals surface area contributed by atoms with Gasteiger partial charge in [-0.25, -0.2) is 0 Å². The fourth-order valence-corrected chi connectivity index (χ4v) is 4.25. The van der Waals surface area contributed by atoms with E-state index in [1.165, 1.54) is 0 Å². The van der Waals surface area contributed by atoms with Crippen molar-refractivity contribution in [1.29, 1.82) is 0 Å². The lowest BCUT2D eigenvalue weighted by molar-refractivity contribution is -0.231. The Balaban J connectivity index is 1.49. The molecule has 0 amide bonds. The fourth-order valence-electron chi connectivity index (χ4n) is 4.25. The Morgan fingerprint density at radius 3 is 1.68 bits per heavy atom. The summed E-state index contributed by atoms with van der Waals surface area (Å²) in [5.41, 5.74) is 3.32. The second kappa shape index (κ2) is 12.5. The van der Waals surface area contributed by atoms with Crippen LogP contribution in [0.5, 0.6) is 0 Å². The van der Waals surface area contributed by atoms with E-state index in [0.717, 1.165) is 16.7 Å². The van der Waals surface area contributed by atoms with Crippen LogP contribution in [0.2, 0.25) is 0 Å². The Morgan fingerprint density at radius 2 is 1.18 bits per heavy atom. The van der Waals surface area contributed by atoms with Gasteiger partial charge in [0.1, 0.15) is 18.3 Å². The number of terminal acetylenes is 1. The highest BCUT2D eigenvalue weighted by Crippen LogP contribution is 2.32. The van der Waals surface area contributed by atoms with E-state index < -0.39 is 0 Å². The smallest absolute Gasteiger partial charge is 0.123 e. The summed E-state index contributed by atoms with van der Waals surface area (Å²) in [5, 5.41) is 0. The van der Waals surface area contributed by atoms with E-state index in [-0.39, 0.29) is 30.3 Å². The van der Waals surface area contributed by atoms with Gasteiger partial charge in [-0.15, -0.1) is 6.42 Å². The van der Waals surface area contributed by atoms with Crippen LogP contribution >= 0.6 is 0 Å². The van der Waals surface area contributed by atoms with Crippen LogP contribution in [0.3, 0.4) is 0 Å². The first-order valence-corrected chi connectivity index (χ1v) is 11.8. The standard InChI is InChI=1S/C30H32O4/c1-3-27-23(2)29(32-20-25-15-9-5-10-16-25)30(33-21-26-17-11-6-12-18-26)28(34-27)22-31-19-24-13-7-4-8-14-24/h1,4-18,23,27-30H,19-22H2,2H3/t23-,27-,28-,29-,30-/m1/s1. The Kier molecular flexibility index (Phi) is 8.90. The summed E-state index contributed by atoms with van der Waals surface area (Å²) in [6.45, 7) is 3.88. The third kappa shape index (κ3) is 6.56. The highest BCUT2D eigenvalue weighted by atomic mass is 16.6. The molecule has 0 radical (unpaired) electrons. The Labute approximate surface area is 202 Å². The molecule has 3 aromatic rings. The van der Waals surface area contributed by atoms with Crippen molar-refractivity contribution in [3.8, 4) is 12.3 Å². The first kappa shape index (κ1) is 24.2. The maximum Gasteiger partial charge on any atom is 0.123 e. The molecule has 1 aliphatic rings. The molecule has 34 heavy (non-hydrogen) atoms. The van der Waals surface area contributed by atoms with Gasteiger partial charge in [-0.3, -0.25) is 0 Å². The van der Waals surface area contributed by atoms with Gasteiger partial charge in [0.25, 0.3) is 0 Å². The molecule has 176 valence electrons. The third-order valence-electron chi connectivity index (χ3n) is 6.14. The minimum atomic E-state index is -0.373. The summed E-state index contributed by atoms with van der Waals surface area (Å²) < 4.78 is 25.3. The summed E-state index contributed by atoms with van der Waals surface area (Å²) in [5.74, 6) is 2.77. The van der Waals surface area contributed by atoms with Crippen molar-refractivity contribution in [1.82, 2.24) is 0 Å². The SMILES string of the molecule is C#C[C@H]1O[C@H](COCc2ccccc2)[C@@H](OCc2ccccc2)[C@H](OCc2ccccc2)[C@@H]1C. The molecule has 0 saturated carbocycles. The van der Waals surface area contributed by atoms with Crippen LogP contribution < -0.4 is 0 Å². The molecule has 1 heterocycles. The molecule has 4 nitrogen and oxygen atoms in total. The van der Waals surface area contributed by atoms with Crippen LogP contribution in [0, 0.1) is 18.3 Å². The van der Waals surface area contributed by atoms with Crippen LogP contribution in [0.4, 0.5) is 0 Å². The minimum Gasteiger partial charge on any atom is -0.374 e. The molecule has 0 aromatic heterocycles. The second-order valence-electron chi connectivity index (χ2n) is 8.64. The fraction of sp³-hybridized carbons (Fsp3) is 0.333. The number of benzene rings is 3. The molecule has 1 aliphatic heterocycles. The predicted octanol–water partition coefficient (Wildman–Crippen LogP) is 5.41. The Hall–Kier alpha value is -2.94. The third-order valence-corrected chi connectivity index (χ3v) is 6.14. The molecule has 0 unspecified atom stereocenters. The van der Waals surface area contributed by atoms with E-state index in [0.29, 0.717) is 26.4 Å². The van der Waals surface area contributed by atoms with Crippen LogP contribution in [0.1, 0.15) is 23.6 Å². The molecule has 0 bridgehead atoms. The van der Waals surface area contributed by atoms with Crippen molar-refractivity contribution < 1.29 is 18.9 Å². The molecule has 1 fully saturated rings. The minimum absolute atomic E-state index is 0.0279. The van der Waals surface area contributed by atoms with Gasteiger partial charge in [-0.05, 0) is 16.7 Å². The molecular formula is C30H32O4. The normalized spacial score (nSPS) is 24.4. The van der Waals surface area contributed by atoms with Gasteiger partial charge in [0.15, 0.2) is 0 Å². The lowest BCUT2D eigenvalue weighted by Crippen LogP contribution is -2.56. The van der Waals surface area contributed by atoms with Gasteiger partial charge in [0, 0.05) is 5.92 Å². The number of hydrogen-bond acceptors (Lipinski definition) is 4. The molecule has 1 saturated heterocycles. The van der Waals surface area contributed by atoms with Crippen LogP contribution in [-0.2, 0) is 38.8 Å². The van der Waals surface area contributed by atoms with Gasteiger partial charge in [-0.1, -0.05) is 104 Å². The van der Waals surface area contributed by atoms with Crippen LogP contribution in [0.15, 0.2) is 91.0 Å². The molecular weight excluding hydrogens is 424 g/mol. The maximum atomic E-state index is 6.45. The molecule has 4 rings (SSSR count). The summed E-state index contributed by atoms with van der Waals surface area (Å²) in [6.07, 6.45) is 4.58. The van der Waals surface area contributed by atoms with Crippen LogP contribution in [0.25, 0.3) is 0 Å². The average Bonchev–Trinajstić information content (AvgIpc) is 2.89. The first-order valence-electron chi connectivity index (χ1n) is 11.8. The van der Waals surface area contributed by atoms with Gasteiger partial charge in [0.05, 0.1) is 32.5 Å². The monoisotopic (exact) mass is 456 g/mol. The van der Waals surface area contributed by atoms with Gasteiger partial charge in [0.2, 0.25) is 0 Å². The molecule has 0 aliphatic carbocycles. The maximum absolute atomic E-state index is 6.45. The van der Waals surface area contributed by atoms with Crippen molar-refractivity contribution in [2.24, 2.45) is 5.92 Å². The van der Waals surface area contributed by atoms with Crippen molar-refractivity contribution >= 4 is 0 Å². The summed E-state index contributed by atoms with van der Waals surface area (Å²) in [6, 6.07) is 30.4. The van der Waals surface area contributed by atoms with E-state index in [9.17, 15) is 0 Å². The average molecular weight is 457 g/mol.